The Morgan fingerprint density at radius 2 is 1.83 bits per heavy atom. The maximum atomic E-state index is 13.6. The van der Waals surface area contributed by atoms with Crippen molar-refractivity contribution in [1.29, 1.82) is 0 Å². The van der Waals surface area contributed by atoms with Gasteiger partial charge < -0.3 is 15.0 Å². The quantitative estimate of drug-likeness (QED) is 0.629. The van der Waals surface area contributed by atoms with Gasteiger partial charge in [0.1, 0.15) is 0 Å². The molecule has 0 unspecified atom stereocenters. The number of aromatic nitrogens is 1. The normalized spacial score (nSPS) is 21.3. The summed E-state index contributed by atoms with van der Waals surface area (Å²) in [4.78, 5) is 3.60. The van der Waals surface area contributed by atoms with Crippen LogP contribution in [0.3, 0.4) is 0 Å². The number of nitrogens with zero attached hydrogens (tertiary/aromatic N) is 1. The molecule has 1 aromatic heterocycles. The molecule has 1 aromatic rings. The molecule has 0 amide bonds. The molecular weight excluding hydrogens is 234 g/mol. The van der Waals surface area contributed by atoms with Crippen LogP contribution in [0.15, 0.2) is 12.3 Å². The number of halogens is 1. The van der Waals surface area contributed by atoms with Crippen molar-refractivity contribution in [3.05, 3.63) is 23.8 Å². The Morgan fingerprint density at radius 3 is 2.33 bits per heavy atom. The van der Waals surface area contributed by atoms with E-state index in [0.29, 0.717) is 11.0 Å². The summed E-state index contributed by atoms with van der Waals surface area (Å²) in [5.41, 5.74) is 5.61. The molecule has 0 saturated carbocycles. The summed E-state index contributed by atoms with van der Waals surface area (Å²) in [5, 5.41) is 0. The van der Waals surface area contributed by atoms with Crippen molar-refractivity contribution >= 4 is 12.6 Å². The Hall–Kier alpha value is -0.975. The zero-order chi connectivity index (χ0) is 13.6. The van der Waals surface area contributed by atoms with Gasteiger partial charge in [0.15, 0.2) is 0 Å². The van der Waals surface area contributed by atoms with Crippen molar-refractivity contribution < 1.29 is 13.7 Å². The van der Waals surface area contributed by atoms with E-state index in [0.717, 1.165) is 0 Å². The van der Waals surface area contributed by atoms with Crippen LogP contribution in [0.2, 0.25) is 0 Å². The number of nitrogens with two attached hydrogens (primary N) is 1. The van der Waals surface area contributed by atoms with Gasteiger partial charge in [-0.25, -0.2) is 4.98 Å². The molecule has 1 saturated heterocycles. The summed E-state index contributed by atoms with van der Waals surface area (Å²) >= 11 is 0. The van der Waals surface area contributed by atoms with Gasteiger partial charge in [0, 0.05) is 18.3 Å². The molecule has 0 bridgehead atoms. The Bertz CT molecular complexity index is 449. The molecule has 4 nitrogen and oxygen atoms in total. The highest BCUT2D eigenvalue weighted by Gasteiger charge is 2.52. The van der Waals surface area contributed by atoms with Crippen LogP contribution in [0.4, 0.5) is 4.39 Å². The summed E-state index contributed by atoms with van der Waals surface area (Å²) in [5.74, 6) is -0.565. The van der Waals surface area contributed by atoms with Crippen LogP contribution in [0.25, 0.3) is 0 Å². The fourth-order valence-corrected chi connectivity index (χ4v) is 1.87. The van der Waals surface area contributed by atoms with E-state index in [1.54, 1.807) is 6.07 Å². The van der Waals surface area contributed by atoms with Crippen molar-refractivity contribution in [3.63, 3.8) is 0 Å². The van der Waals surface area contributed by atoms with Gasteiger partial charge in [0.25, 0.3) is 0 Å². The topological polar surface area (TPSA) is 57.4 Å². The lowest BCUT2D eigenvalue weighted by molar-refractivity contribution is 0.00578. The molecule has 0 spiro atoms. The van der Waals surface area contributed by atoms with Crippen LogP contribution in [0.1, 0.15) is 33.3 Å². The molecule has 1 fully saturated rings. The number of hydrogen-bond donors (Lipinski definition) is 1. The second kappa shape index (κ2) is 4.29. The minimum atomic E-state index is -0.606. The lowest BCUT2D eigenvalue weighted by atomic mass is 9.76. The molecule has 2 N–H and O–H groups in total. The number of rotatable bonds is 2. The first-order chi connectivity index (χ1) is 8.28. The second-order valence-corrected chi connectivity index (χ2v) is 5.46. The summed E-state index contributed by atoms with van der Waals surface area (Å²) < 4.78 is 25.3. The summed E-state index contributed by atoms with van der Waals surface area (Å²) in [6.07, 6.45) is 1.40. The van der Waals surface area contributed by atoms with E-state index in [4.69, 9.17) is 15.0 Å². The summed E-state index contributed by atoms with van der Waals surface area (Å²) in [7, 11) is -0.606. The molecule has 0 aromatic carbocycles. The monoisotopic (exact) mass is 252 g/mol. The Labute approximate surface area is 107 Å². The number of pyridine rings is 1. The summed E-state index contributed by atoms with van der Waals surface area (Å²) in [6, 6.07) is 1.69. The van der Waals surface area contributed by atoms with Crippen molar-refractivity contribution in [1.82, 2.24) is 4.98 Å². The van der Waals surface area contributed by atoms with Gasteiger partial charge in [0.2, 0.25) is 5.95 Å². The predicted molar refractivity (Wildman–Crippen MR) is 67.8 cm³/mol. The fourth-order valence-electron chi connectivity index (χ4n) is 1.87. The number of hydrogen-bond acceptors (Lipinski definition) is 4. The predicted octanol–water partition coefficient (Wildman–Crippen LogP) is 0.979. The van der Waals surface area contributed by atoms with Crippen LogP contribution in [0.5, 0.6) is 0 Å². The molecule has 2 rings (SSSR count). The molecule has 2 heterocycles. The van der Waals surface area contributed by atoms with Crippen LogP contribution in [-0.4, -0.2) is 23.3 Å². The Morgan fingerprint density at radius 1 is 1.28 bits per heavy atom. The first kappa shape index (κ1) is 13.5. The molecule has 1 aliphatic rings. The first-order valence-corrected chi connectivity index (χ1v) is 5.97. The minimum Gasteiger partial charge on any atom is -0.399 e. The van der Waals surface area contributed by atoms with Gasteiger partial charge in [-0.05, 0) is 39.2 Å². The van der Waals surface area contributed by atoms with Crippen LogP contribution in [-0.2, 0) is 15.9 Å². The zero-order valence-corrected chi connectivity index (χ0v) is 11.2. The molecule has 98 valence electrons. The van der Waals surface area contributed by atoms with E-state index in [2.05, 4.69) is 4.98 Å². The van der Waals surface area contributed by atoms with Gasteiger partial charge in [-0.15, -0.1) is 0 Å². The summed E-state index contributed by atoms with van der Waals surface area (Å²) in [6.45, 7) is 7.87. The van der Waals surface area contributed by atoms with Gasteiger partial charge in [0.05, 0.1) is 11.2 Å². The zero-order valence-electron chi connectivity index (χ0n) is 11.2. The molecule has 0 atom stereocenters. The van der Waals surface area contributed by atoms with Crippen LogP contribution >= 0.6 is 0 Å². The molecule has 0 radical (unpaired) electrons. The van der Waals surface area contributed by atoms with E-state index in [9.17, 15) is 4.39 Å². The van der Waals surface area contributed by atoms with E-state index in [-0.39, 0.29) is 6.54 Å². The van der Waals surface area contributed by atoms with E-state index in [1.165, 1.54) is 6.20 Å². The Kier molecular flexibility index (Phi) is 3.21. The standard InChI is InChI=1S/C12H18BFN2O2/c1-11(2)12(3,4)18-13(17-11)9-5-6-16-10(14)8(9)7-15/h5-6H,7,15H2,1-4H3. The molecular formula is C12H18BFN2O2. The van der Waals surface area contributed by atoms with E-state index in [1.807, 2.05) is 27.7 Å². The molecule has 1 aliphatic heterocycles. The van der Waals surface area contributed by atoms with Crippen molar-refractivity contribution in [2.24, 2.45) is 5.73 Å². The lowest BCUT2D eigenvalue weighted by Gasteiger charge is -2.32. The van der Waals surface area contributed by atoms with Crippen molar-refractivity contribution in [2.75, 3.05) is 0 Å². The fraction of sp³-hybridized carbons (Fsp3) is 0.583. The second-order valence-electron chi connectivity index (χ2n) is 5.46. The molecule has 6 heteroatoms. The Balaban J connectivity index is 2.38. The molecule has 18 heavy (non-hydrogen) atoms. The van der Waals surface area contributed by atoms with E-state index < -0.39 is 24.3 Å². The largest absolute Gasteiger partial charge is 0.495 e. The maximum Gasteiger partial charge on any atom is 0.495 e. The van der Waals surface area contributed by atoms with Gasteiger partial charge >= 0.3 is 7.12 Å². The molecule has 0 aliphatic carbocycles. The van der Waals surface area contributed by atoms with E-state index >= 15 is 0 Å². The average molecular weight is 252 g/mol. The lowest BCUT2D eigenvalue weighted by Crippen LogP contribution is -2.41. The highest BCUT2D eigenvalue weighted by atomic mass is 19.1. The highest BCUT2D eigenvalue weighted by molar-refractivity contribution is 6.62. The van der Waals surface area contributed by atoms with Gasteiger partial charge in [-0.1, -0.05) is 0 Å². The SMILES string of the molecule is CC1(C)OB(c2ccnc(F)c2CN)OC1(C)C. The minimum absolute atomic E-state index is 0.0685. The van der Waals surface area contributed by atoms with Crippen LogP contribution in [0, 0.1) is 5.95 Å². The highest BCUT2D eigenvalue weighted by Crippen LogP contribution is 2.36. The third-order valence-electron chi connectivity index (χ3n) is 3.75. The third kappa shape index (κ3) is 2.04. The van der Waals surface area contributed by atoms with Crippen molar-refractivity contribution in [2.45, 2.75) is 45.4 Å². The third-order valence-corrected chi connectivity index (χ3v) is 3.75. The van der Waals surface area contributed by atoms with Gasteiger partial charge in [-0.3, -0.25) is 0 Å². The first-order valence-electron chi connectivity index (χ1n) is 5.97. The van der Waals surface area contributed by atoms with Crippen molar-refractivity contribution in [3.8, 4) is 0 Å². The van der Waals surface area contributed by atoms with Gasteiger partial charge in [-0.2, -0.15) is 4.39 Å². The smallest absolute Gasteiger partial charge is 0.399 e. The average Bonchev–Trinajstić information content (AvgIpc) is 2.47. The maximum absolute atomic E-state index is 13.6. The van der Waals surface area contributed by atoms with Crippen LogP contribution < -0.4 is 11.2 Å².